The third-order valence-corrected chi connectivity index (χ3v) is 6.63. The van der Waals surface area contributed by atoms with Crippen molar-refractivity contribution in [2.45, 2.75) is 45.4 Å². The van der Waals surface area contributed by atoms with Gasteiger partial charge in [0.1, 0.15) is 5.84 Å². The van der Waals surface area contributed by atoms with E-state index in [0.29, 0.717) is 18.2 Å². The molecule has 4 aromatic carbocycles. The molecule has 0 aliphatic rings. The number of benzene rings is 4. The number of aliphatic hydroxyl groups is 1. The first-order chi connectivity index (χ1) is 17.6. The third-order valence-electron chi connectivity index (χ3n) is 6.63. The number of hydrogen-bond acceptors (Lipinski definition) is 3. The van der Waals surface area contributed by atoms with Gasteiger partial charge in [-0.3, -0.25) is 4.99 Å². The van der Waals surface area contributed by atoms with Gasteiger partial charge in [0.25, 0.3) is 0 Å². The minimum Gasteiger partial charge on any atom is -0.427 e. The van der Waals surface area contributed by atoms with E-state index < -0.39 is 11.2 Å². The predicted octanol–water partition coefficient (Wildman–Crippen LogP) is 5.00. The standard InChI is InChI=1S/C31H33BN3O2/c1-30(2,36)31(3,4)37-32-27-16-10-11-22(19-27)21-34-29(24-13-6-5-7-14-24)35-28(33)26-18-17-23-12-8-9-15-25(23)20-26/h5-20,36H,21H2,1-4H3,(H2,33,34,35). The van der Waals surface area contributed by atoms with Crippen molar-refractivity contribution in [3.63, 3.8) is 0 Å². The van der Waals surface area contributed by atoms with Gasteiger partial charge in [0, 0.05) is 11.1 Å². The van der Waals surface area contributed by atoms with E-state index in [2.05, 4.69) is 18.2 Å². The zero-order chi connectivity index (χ0) is 26.5. The first-order valence-electron chi connectivity index (χ1n) is 12.4. The quantitative estimate of drug-likeness (QED) is 0.207. The van der Waals surface area contributed by atoms with Crippen LogP contribution in [0.2, 0.25) is 0 Å². The Morgan fingerprint density at radius 2 is 1.51 bits per heavy atom. The van der Waals surface area contributed by atoms with Crippen molar-refractivity contribution in [3.8, 4) is 0 Å². The molecule has 0 aliphatic carbocycles. The summed E-state index contributed by atoms with van der Waals surface area (Å²) in [5, 5.41) is 12.6. The summed E-state index contributed by atoms with van der Waals surface area (Å²) in [6, 6.07) is 32.1. The van der Waals surface area contributed by atoms with Gasteiger partial charge in [0.05, 0.1) is 17.7 Å². The van der Waals surface area contributed by atoms with Gasteiger partial charge >= 0.3 is 7.48 Å². The second-order valence-electron chi connectivity index (χ2n) is 10.1. The fraction of sp³-hybridized carbons (Fsp3) is 0.226. The number of hydrogen-bond donors (Lipinski definition) is 2. The first-order valence-corrected chi connectivity index (χ1v) is 12.4. The monoisotopic (exact) mass is 490 g/mol. The molecule has 0 aliphatic heterocycles. The van der Waals surface area contributed by atoms with Crippen molar-refractivity contribution >= 4 is 35.4 Å². The van der Waals surface area contributed by atoms with Crippen LogP contribution in [0, 0.1) is 0 Å². The van der Waals surface area contributed by atoms with Crippen molar-refractivity contribution < 1.29 is 9.76 Å². The number of rotatable bonds is 8. The maximum Gasteiger partial charge on any atom is 0.330 e. The van der Waals surface area contributed by atoms with Crippen LogP contribution >= 0.6 is 0 Å². The van der Waals surface area contributed by atoms with Crippen LogP contribution in [0.5, 0.6) is 0 Å². The molecule has 0 atom stereocenters. The summed E-state index contributed by atoms with van der Waals surface area (Å²) in [6.07, 6.45) is 0. The molecule has 0 fully saturated rings. The first kappa shape index (κ1) is 26.3. The lowest BCUT2D eigenvalue weighted by Gasteiger charge is -2.37. The average molecular weight is 490 g/mol. The largest absolute Gasteiger partial charge is 0.427 e. The highest BCUT2D eigenvalue weighted by molar-refractivity contribution is 6.47. The van der Waals surface area contributed by atoms with Crippen molar-refractivity contribution in [2.24, 2.45) is 15.7 Å². The molecular formula is C31H33BN3O2. The highest BCUT2D eigenvalue weighted by atomic mass is 16.5. The number of aliphatic imine (C=N–C) groups is 2. The minimum absolute atomic E-state index is 0.415. The summed E-state index contributed by atoms with van der Waals surface area (Å²) in [7, 11) is 1.68. The molecule has 4 aromatic rings. The topological polar surface area (TPSA) is 80.2 Å². The Balaban J connectivity index is 1.58. The summed E-state index contributed by atoms with van der Waals surface area (Å²) in [5.41, 5.74) is 8.38. The average Bonchev–Trinajstić information content (AvgIpc) is 2.89. The number of amidine groups is 2. The fourth-order valence-corrected chi connectivity index (χ4v) is 3.60. The SMILES string of the molecule is CC(C)(O)C(C)(C)O[B]c1cccc(CN=C(N=C(N)c2ccc3ccccc3c2)c2ccccc2)c1. The van der Waals surface area contributed by atoms with Crippen molar-refractivity contribution in [3.05, 3.63) is 114 Å². The third kappa shape index (κ3) is 6.73. The Morgan fingerprint density at radius 3 is 2.24 bits per heavy atom. The summed E-state index contributed by atoms with van der Waals surface area (Å²) in [4.78, 5) is 9.58. The lowest BCUT2D eigenvalue weighted by atomic mass is 9.82. The van der Waals surface area contributed by atoms with Gasteiger partial charge in [-0.05, 0) is 50.1 Å². The molecule has 37 heavy (non-hydrogen) atoms. The molecule has 1 radical (unpaired) electrons. The summed E-state index contributed by atoms with van der Waals surface area (Å²) >= 11 is 0. The molecule has 0 bridgehead atoms. The summed E-state index contributed by atoms with van der Waals surface area (Å²) in [5.74, 6) is 0.984. The highest BCUT2D eigenvalue weighted by Crippen LogP contribution is 2.24. The molecule has 0 saturated carbocycles. The van der Waals surface area contributed by atoms with Crippen LogP contribution in [0.3, 0.4) is 0 Å². The molecule has 187 valence electrons. The second kappa shape index (κ2) is 11.1. The van der Waals surface area contributed by atoms with Crippen LogP contribution in [0.15, 0.2) is 107 Å². The summed E-state index contributed by atoms with van der Waals surface area (Å²) in [6.45, 7) is 7.63. The van der Waals surface area contributed by atoms with Gasteiger partial charge in [-0.1, -0.05) is 96.5 Å². The van der Waals surface area contributed by atoms with E-state index in [-0.39, 0.29) is 0 Å². The van der Waals surface area contributed by atoms with Gasteiger partial charge < -0.3 is 15.5 Å². The molecule has 6 heteroatoms. The van der Waals surface area contributed by atoms with Gasteiger partial charge in [0.2, 0.25) is 0 Å². The van der Waals surface area contributed by atoms with Crippen LogP contribution in [0.4, 0.5) is 0 Å². The van der Waals surface area contributed by atoms with E-state index in [1.165, 1.54) is 0 Å². The van der Waals surface area contributed by atoms with Gasteiger partial charge in [-0.25, -0.2) is 4.99 Å². The molecule has 0 amide bonds. The van der Waals surface area contributed by atoms with Crippen molar-refractivity contribution in [1.82, 2.24) is 0 Å². The molecule has 4 rings (SSSR count). The Labute approximate surface area is 220 Å². The predicted molar refractivity (Wildman–Crippen MR) is 155 cm³/mol. The maximum absolute atomic E-state index is 10.4. The van der Waals surface area contributed by atoms with E-state index in [1.807, 2.05) is 92.7 Å². The maximum atomic E-state index is 10.4. The zero-order valence-corrected chi connectivity index (χ0v) is 21.8. The number of nitrogens with two attached hydrogens (primary N) is 1. The highest BCUT2D eigenvalue weighted by Gasteiger charge is 2.35. The second-order valence-corrected chi connectivity index (χ2v) is 10.1. The Morgan fingerprint density at radius 1 is 0.811 bits per heavy atom. The minimum atomic E-state index is -0.987. The molecule has 0 saturated heterocycles. The van der Waals surface area contributed by atoms with E-state index in [1.54, 1.807) is 21.3 Å². The van der Waals surface area contributed by atoms with Crippen molar-refractivity contribution in [1.29, 1.82) is 0 Å². The number of fused-ring (bicyclic) bond motifs is 1. The van der Waals surface area contributed by atoms with Crippen LogP contribution in [0.25, 0.3) is 10.8 Å². The molecule has 3 N–H and O–H groups in total. The van der Waals surface area contributed by atoms with Crippen LogP contribution in [-0.4, -0.2) is 35.5 Å². The zero-order valence-electron chi connectivity index (χ0n) is 21.8. The molecule has 5 nitrogen and oxygen atoms in total. The van der Waals surface area contributed by atoms with E-state index in [9.17, 15) is 5.11 Å². The summed E-state index contributed by atoms with van der Waals surface area (Å²) < 4.78 is 5.91. The lowest BCUT2D eigenvalue weighted by Crippen LogP contribution is -2.49. The van der Waals surface area contributed by atoms with Crippen LogP contribution in [-0.2, 0) is 11.2 Å². The molecule has 0 unspecified atom stereocenters. The molecule has 0 spiro atoms. The number of nitrogens with zero attached hydrogens (tertiary/aromatic N) is 2. The van der Waals surface area contributed by atoms with Gasteiger partial charge in [-0.2, -0.15) is 0 Å². The lowest BCUT2D eigenvalue weighted by molar-refractivity contribution is -0.0893. The van der Waals surface area contributed by atoms with Gasteiger partial charge in [0.15, 0.2) is 5.84 Å². The molecular weight excluding hydrogens is 457 g/mol. The Hall–Kier alpha value is -3.74. The van der Waals surface area contributed by atoms with E-state index in [4.69, 9.17) is 20.4 Å². The Bertz CT molecular complexity index is 1420. The smallest absolute Gasteiger partial charge is 0.330 e. The van der Waals surface area contributed by atoms with Gasteiger partial charge in [-0.15, -0.1) is 0 Å². The fourth-order valence-electron chi connectivity index (χ4n) is 3.60. The van der Waals surface area contributed by atoms with Crippen molar-refractivity contribution in [2.75, 3.05) is 0 Å². The van der Waals surface area contributed by atoms with E-state index >= 15 is 0 Å². The van der Waals surface area contributed by atoms with Crippen LogP contribution < -0.4 is 11.2 Å². The Kier molecular flexibility index (Phi) is 7.91. The molecule has 0 aromatic heterocycles. The van der Waals surface area contributed by atoms with Crippen LogP contribution in [0.1, 0.15) is 44.4 Å². The normalized spacial score (nSPS) is 13.1. The van der Waals surface area contributed by atoms with E-state index in [0.717, 1.165) is 32.9 Å². The molecule has 0 heterocycles.